The van der Waals surface area contributed by atoms with Crippen LogP contribution >= 0.6 is 23.2 Å². The summed E-state index contributed by atoms with van der Waals surface area (Å²) in [6.07, 6.45) is 9.36. The molecule has 2 nitrogen and oxygen atoms in total. The van der Waals surface area contributed by atoms with Gasteiger partial charge in [0.05, 0.1) is 0 Å². The van der Waals surface area contributed by atoms with Gasteiger partial charge >= 0.3 is 162 Å². The molecule has 0 bridgehead atoms. The van der Waals surface area contributed by atoms with Gasteiger partial charge in [-0.25, -0.2) is 0 Å². The quantitative estimate of drug-likeness (QED) is 0.385. The van der Waals surface area contributed by atoms with Crippen molar-refractivity contribution >= 4 is 38.6 Å². The number of hydrogen-bond acceptors (Lipinski definition) is 0. The fraction of sp³-hybridized carbons (Fsp3) is 0.320. The molecule has 5 heteroatoms. The van der Waals surface area contributed by atoms with Gasteiger partial charge in [0.1, 0.15) is 0 Å². The van der Waals surface area contributed by atoms with E-state index in [1.165, 1.54) is 22.3 Å². The van der Waals surface area contributed by atoms with Gasteiger partial charge in [-0.3, -0.25) is 0 Å². The Bertz CT molecular complexity index is 888. The topological polar surface area (TPSA) is 28.2 Å². The summed E-state index contributed by atoms with van der Waals surface area (Å²) < 4.78 is 2.81. The maximum Gasteiger partial charge on any atom is -0.162 e. The molecule has 0 N–H and O–H groups in total. The Morgan fingerprint density at radius 1 is 0.733 bits per heavy atom. The smallest absolute Gasteiger partial charge is 0.162 e. The van der Waals surface area contributed by atoms with E-state index in [1.807, 2.05) is 12.1 Å². The summed E-state index contributed by atoms with van der Waals surface area (Å²) in [6.45, 7) is 4.66. The zero-order valence-corrected chi connectivity index (χ0v) is 22.5. The van der Waals surface area contributed by atoms with E-state index in [-0.39, 0.29) is 0 Å². The van der Waals surface area contributed by atoms with E-state index >= 15 is 0 Å². The van der Waals surface area contributed by atoms with Crippen molar-refractivity contribution in [1.82, 2.24) is 0 Å². The third-order valence-electron chi connectivity index (χ3n) is 4.95. The normalized spacial score (nSPS) is 17.0. The molecule has 2 aliphatic rings. The minimum Gasteiger partial charge on any atom is -0.668 e. The Morgan fingerprint density at radius 3 is 1.43 bits per heavy atom. The molecular weight excluding hydrogens is 490 g/mol. The van der Waals surface area contributed by atoms with Crippen LogP contribution in [-0.4, -0.2) is 31.4 Å². The van der Waals surface area contributed by atoms with E-state index in [0.29, 0.717) is 7.25 Å². The summed E-state index contributed by atoms with van der Waals surface area (Å²) in [5, 5.41) is 8.64. The molecule has 2 aromatic rings. The van der Waals surface area contributed by atoms with Crippen molar-refractivity contribution in [1.29, 1.82) is 0 Å². The molecule has 2 atom stereocenters. The molecule has 0 spiro atoms. The van der Waals surface area contributed by atoms with E-state index in [4.69, 9.17) is 23.2 Å². The molecule has 2 aliphatic carbocycles. The van der Waals surface area contributed by atoms with Crippen LogP contribution in [0.1, 0.15) is 43.4 Å². The second-order valence-corrected chi connectivity index (χ2v) is 16.2. The first-order chi connectivity index (χ1) is 14.4. The van der Waals surface area contributed by atoms with Crippen molar-refractivity contribution in [3.05, 3.63) is 91.5 Å². The van der Waals surface area contributed by atoms with Crippen molar-refractivity contribution in [2.24, 2.45) is 0 Å². The third kappa shape index (κ3) is 6.11. The van der Waals surface area contributed by atoms with Gasteiger partial charge in [-0.2, -0.15) is 28.2 Å². The fourth-order valence-electron chi connectivity index (χ4n) is 3.91. The molecular formula is C25H30Cl2N2Zr. The van der Waals surface area contributed by atoms with E-state index in [9.17, 15) is 0 Å². The maximum atomic E-state index is 6.18. The Kier molecular flexibility index (Phi) is 10.4. The van der Waals surface area contributed by atoms with Crippen LogP contribution in [0.25, 0.3) is 22.8 Å². The molecule has 0 saturated heterocycles. The van der Waals surface area contributed by atoms with Crippen LogP contribution in [0.5, 0.6) is 0 Å². The molecule has 30 heavy (non-hydrogen) atoms. The summed E-state index contributed by atoms with van der Waals surface area (Å²) in [4.78, 5) is 0. The summed E-state index contributed by atoms with van der Waals surface area (Å²) >= 11 is 10.4. The van der Waals surface area contributed by atoms with Gasteiger partial charge < -0.3 is 10.6 Å². The van der Waals surface area contributed by atoms with E-state index in [1.54, 1.807) is 31.4 Å². The number of benzene rings is 2. The van der Waals surface area contributed by atoms with E-state index in [0.717, 1.165) is 10.0 Å². The van der Waals surface area contributed by atoms with Crippen molar-refractivity contribution in [2.45, 2.75) is 21.1 Å². The first-order valence-corrected chi connectivity index (χ1v) is 14.8. The Balaban J connectivity index is 0.000000480. The summed E-state index contributed by atoms with van der Waals surface area (Å²) in [5.74, 6) is 0. The monoisotopic (exact) mass is 518 g/mol. The SMILES string of the molecule is C[C](C)=[Zr+2]([CH]1C=Cc2cc(Cl)ccc21)[CH]1C=Cc2cc(Cl)ccc21.C[N-]C.C[N-]C. The Labute approximate surface area is 199 Å². The van der Waals surface area contributed by atoms with Gasteiger partial charge in [-0.05, 0) is 0 Å². The minimum atomic E-state index is -1.97. The van der Waals surface area contributed by atoms with Crippen LogP contribution in [0.15, 0.2) is 48.6 Å². The standard InChI is InChI=1S/2C9H6Cl.C3H6.2C2H6N.Zr/c2*10-9-5-4-7-2-1-3-8(7)6-9;3*1-3-2;/h2*1-6H;3*1-2H3;/q;;;2*-1;+2. The molecule has 2 aromatic carbocycles. The average molecular weight is 521 g/mol. The Hall–Kier alpha value is -0.827. The van der Waals surface area contributed by atoms with Gasteiger partial charge in [0, 0.05) is 0 Å². The second-order valence-electron chi connectivity index (χ2n) is 7.57. The maximum absolute atomic E-state index is 6.18. The molecule has 0 amide bonds. The van der Waals surface area contributed by atoms with Crippen LogP contribution in [-0.2, 0) is 21.3 Å². The number of nitrogens with zero attached hydrogens (tertiary/aromatic N) is 2. The van der Waals surface area contributed by atoms with E-state index in [2.05, 4.69) is 73.1 Å². The fourth-order valence-corrected chi connectivity index (χ4v) is 12.7. The summed E-state index contributed by atoms with van der Waals surface area (Å²) in [5.41, 5.74) is 5.52. The molecule has 2 unspecified atom stereocenters. The third-order valence-corrected chi connectivity index (χ3v) is 14.0. The van der Waals surface area contributed by atoms with E-state index < -0.39 is 21.3 Å². The van der Waals surface area contributed by atoms with Crippen LogP contribution in [0.2, 0.25) is 10.0 Å². The van der Waals surface area contributed by atoms with Gasteiger partial charge in [-0.15, -0.1) is 0 Å². The zero-order valence-electron chi connectivity index (χ0n) is 18.6. The molecule has 0 radical (unpaired) electrons. The van der Waals surface area contributed by atoms with Crippen molar-refractivity contribution < 1.29 is 21.3 Å². The molecule has 0 saturated carbocycles. The second kappa shape index (κ2) is 12.3. The summed E-state index contributed by atoms with van der Waals surface area (Å²) in [7, 11) is 7.00. The average Bonchev–Trinajstić information content (AvgIpc) is 3.27. The number of fused-ring (bicyclic) bond motifs is 2. The molecule has 0 heterocycles. The Morgan fingerprint density at radius 2 is 1.10 bits per heavy atom. The van der Waals surface area contributed by atoms with Gasteiger partial charge in [-0.1, -0.05) is 0 Å². The van der Waals surface area contributed by atoms with Crippen LogP contribution < -0.4 is 0 Å². The van der Waals surface area contributed by atoms with Gasteiger partial charge in [0.15, 0.2) is 0 Å². The van der Waals surface area contributed by atoms with Crippen LogP contribution in [0.3, 0.4) is 0 Å². The minimum absolute atomic E-state index is 0.584. The largest absolute Gasteiger partial charge is 0.668 e. The van der Waals surface area contributed by atoms with Crippen LogP contribution in [0, 0.1) is 0 Å². The van der Waals surface area contributed by atoms with Gasteiger partial charge in [0.25, 0.3) is 0 Å². The molecule has 0 fully saturated rings. The van der Waals surface area contributed by atoms with Crippen molar-refractivity contribution in [3.63, 3.8) is 0 Å². The number of halogens is 2. The van der Waals surface area contributed by atoms with Crippen molar-refractivity contribution in [2.75, 3.05) is 28.2 Å². The van der Waals surface area contributed by atoms with Crippen LogP contribution in [0.4, 0.5) is 0 Å². The molecule has 158 valence electrons. The van der Waals surface area contributed by atoms with Crippen molar-refractivity contribution in [3.8, 4) is 0 Å². The van der Waals surface area contributed by atoms with Gasteiger partial charge in [0.2, 0.25) is 0 Å². The number of allylic oxidation sites excluding steroid dienone is 2. The molecule has 4 rings (SSSR count). The number of rotatable bonds is 2. The first kappa shape index (κ1) is 25.4. The predicted octanol–water partition coefficient (Wildman–Crippen LogP) is 7.90. The zero-order chi connectivity index (χ0) is 22.3. The molecule has 0 aromatic heterocycles. The first-order valence-electron chi connectivity index (χ1n) is 9.96. The molecule has 0 aliphatic heterocycles. The summed E-state index contributed by atoms with van der Waals surface area (Å²) in [6, 6.07) is 12.7. The number of hydrogen-bond donors (Lipinski definition) is 0. The predicted molar refractivity (Wildman–Crippen MR) is 133 cm³/mol.